The Morgan fingerprint density at radius 1 is 1.20 bits per heavy atom. The third-order valence-corrected chi connectivity index (χ3v) is 9.21. The number of sulfone groups is 1. The molecular weight excluding hydrogens is 484 g/mol. The molecule has 9 heteroatoms. The maximum atomic E-state index is 13.3. The van der Waals surface area contributed by atoms with E-state index in [4.69, 9.17) is 9.72 Å². The first kappa shape index (κ1) is 23.7. The van der Waals surface area contributed by atoms with Crippen LogP contribution in [0.5, 0.6) is 0 Å². The zero-order valence-electron chi connectivity index (χ0n) is 19.4. The Kier molecular flexibility index (Phi) is 6.46. The number of pyridine rings is 1. The summed E-state index contributed by atoms with van der Waals surface area (Å²) in [6.45, 7) is 1.74. The zero-order chi connectivity index (χ0) is 24.6. The number of esters is 1. The smallest absolute Gasteiger partial charge is 0.339 e. The first-order chi connectivity index (χ1) is 16.9. The molecule has 0 spiro atoms. The normalized spacial score (nSPS) is 19.7. The van der Waals surface area contributed by atoms with Gasteiger partial charge in [-0.2, -0.15) is 0 Å². The Morgan fingerprint density at radius 3 is 2.74 bits per heavy atom. The van der Waals surface area contributed by atoms with E-state index in [1.807, 2.05) is 41.8 Å². The number of hydrogen-bond donors (Lipinski definition) is 0. The average Bonchev–Trinajstić information content (AvgIpc) is 3.58. The molecular formula is C26H26N2O5S2. The number of nitrogens with zero attached hydrogens (tertiary/aromatic N) is 2. The molecule has 1 aromatic carbocycles. The van der Waals surface area contributed by atoms with E-state index >= 15 is 0 Å². The fourth-order valence-corrected chi connectivity index (χ4v) is 7.41. The topological polar surface area (TPSA) is 93.6 Å². The molecule has 1 saturated heterocycles. The Morgan fingerprint density at radius 2 is 2.03 bits per heavy atom. The number of para-hydroxylation sites is 1. The fraction of sp³-hybridized carbons (Fsp3) is 0.346. The van der Waals surface area contributed by atoms with Crippen molar-refractivity contribution in [2.75, 3.05) is 24.7 Å². The van der Waals surface area contributed by atoms with Crippen molar-refractivity contribution < 1.29 is 22.7 Å². The lowest BCUT2D eigenvalue weighted by Crippen LogP contribution is -2.43. The largest absolute Gasteiger partial charge is 0.452 e. The average molecular weight is 511 g/mol. The highest BCUT2D eigenvalue weighted by Crippen LogP contribution is 2.38. The maximum absolute atomic E-state index is 13.3. The van der Waals surface area contributed by atoms with Gasteiger partial charge in [-0.15, -0.1) is 11.3 Å². The van der Waals surface area contributed by atoms with E-state index in [1.54, 1.807) is 18.3 Å². The predicted molar refractivity (Wildman–Crippen MR) is 137 cm³/mol. The highest BCUT2D eigenvalue weighted by Gasteiger charge is 2.34. The summed E-state index contributed by atoms with van der Waals surface area (Å²) in [5.74, 6) is -0.892. The quantitative estimate of drug-likeness (QED) is 0.466. The van der Waals surface area contributed by atoms with Crippen molar-refractivity contribution in [3.05, 3.63) is 63.5 Å². The van der Waals surface area contributed by atoms with Crippen molar-refractivity contribution in [2.24, 2.45) is 0 Å². The number of rotatable bonds is 6. The van der Waals surface area contributed by atoms with Crippen molar-refractivity contribution in [2.45, 2.75) is 32.2 Å². The van der Waals surface area contributed by atoms with Gasteiger partial charge in [-0.1, -0.05) is 24.3 Å². The summed E-state index contributed by atoms with van der Waals surface area (Å²) in [4.78, 5) is 33.7. The van der Waals surface area contributed by atoms with Crippen molar-refractivity contribution in [3.63, 3.8) is 0 Å². The van der Waals surface area contributed by atoms with E-state index in [-0.39, 0.29) is 23.5 Å². The van der Waals surface area contributed by atoms with Crippen molar-refractivity contribution in [1.29, 1.82) is 0 Å². The molecule has 2 aromatic heterocycles. The number of benzene rings is 1. The number of carbonyl (C=O) groups is 2. The van der Waals surface area contributed by atoms with Crippen LogP contribution in [0.3, 0.4) is 0 Å². The first-order valence-electron chi connectivity index (χ1n) is 11.7. The molecule has 1 fully saturated rings. The molecule has 1 atom stereocenters. The minimum atomic E-state index is -3.13. The minimum absolute atomic E-state index is 0.0393. The van der Waals surface area contributed by atoms with Crippen LogP contribution < -0.4 is 0 Å². The van der Waals surface area contributed by atoms with Gasteiger partial charge in [-0.05, 0) is 60.9 Å². The first-order valence-corrected chi connectivity index (χ1v) is 14.4. The standard InChI is InChI=1S/C26H26N2O5S2/c1-2-28(18-11-13-35(31,32)16-18)23(29)15-33-26(30)24-20-7-3-4-8-22(20)27-25-17(9-10-21(24)25)14-19-6-5-12-34-19/h3-8,12,14,18H,2,9-11,13,15-16H2,1H3. The lowest BCUT2D eigenvalue weighted by atomic mass is 10.0. The molecule has 3 heterocycles. The van der Waals surface area contributed by atoms with Gasteiger partial charge in [0.15, 0.2) is 16.4 Å². The van der Waals surface area contributed by atoms with Crippen LogP contribution in [-0.2, 0) is 25.8 Å². The number of carbonyl (C=O) groups excluding carboxylic acids is 2. The van der Waals surface area contributed by atoms with Crippen molar-refractivity contribution >= 4 is 55.6 Å². The maximum Gasteiger partial charge on any atom is 0.339 e. The second-order valence-electron chi connectivity index (χ2n) is 8.83. The molecule has 1 unspecified atom stereocenters. The second kappa shape index (κ2) is 9.54. The van der Waals surface area contributed by atoms with E-state index in [9.17, 15) is 18.0 Å². The third kappa shape index (κ3) is 4.75. The summed E-state index contributed by atoms with van der Waals surface area (Å²) < 4.78 is 29.3. The number of fused-ring (bicyclic) bond motifs is 2. The van der Waals surface area contributed by atoms with Crippen molar-refractivity contribution in [1.82, 2.24) is 9.88 Å². The SMILES string of the molecule is CCN(C(=O)COC(=O)c1c2c(nc3ccccc13)C(=Cc1cccs1)CC2)C1CCS(=O)(=O)C1. The van der Waals surface area contributed by atoms with E-state index in [1.165, 1.54) is 4.90 Å². The van der Waals surface area contributed by atoms with Crippen LogP contribution >= 0.6 is 11.3 Å². The van der Waals surface area contributed by atoms with E-state index in [2.05, 4.69) is 6.08 Å². The van der Waals surface area contributed by atoms with Crippen LogP contribution in [0, 0.1) is 0 Å². The molecule has 35 heavy (non-hydrogen) atoms. The number of aromatic nitrogens is 1. The van der Waals surface area contributed by atoms with E-state index in [0.29, 0.717) is 35.9 Å². The summed E-state index contributed by atoms with van der Waals surface area (Å²) in [5, 5.41) is 2.73. The molecule has 1 amide bonds. The minimum Gasteiger partial charge on any atom is -0.452 e. The molecule has 2 aliphatic rings. The van der Waals surface area contributed by atoms with Crippen LogP contribution in [0.1, 0.15) is 46.3 Å². The van der Waals surface area contributed by atoms with Gasteiger partial charge in [0.2, 0.25) is 0 Å². The number of ether oxygens (including phenoxy) is 1. The van der Waals surface area contributed by atoms with Crippen LogP contribution in [0.15, 0.2) is 41.8 Å². The molecule has 0 bridgehead atoms. The fourth-order valence-electron chi connectivity index (χ4n) is 5.00. The van der Waals surface area contributed by atoms with Gasteiger partial charge in [0, 0.05) is 22.8 Å². The Balaban J connectivity index is 1.42. The summed E-state index contributed by atoms with van der Waals surface area (Å²) >= 11 is 1.65. The number of thiophene rings is 1. The lowest BCUT2D eigenvalue weighted by molar-refractivity contribution is -0.136. The molecule has 0 radical (unpaired) electrons. The summed E-state index contributed by atoms with van der Waals surface area (Å²) in [6, 6.07) is 11.1. The third-order valence-electron chi connectivity index (χ3n) is 6.64. The van der Waals surface area contributed by atoms with Crippen LogP contribution in [0.4, 0.5) is 0 Å². The number of likely N-dealkylation sites (N-methyl/N-ethyl adjacent to an activating group) is 1. The molecule has 0 saturated carbocycles. The molecule has 3 aromatic rings. The van der Waals surface area contributed by atoms with Gasteiger partial charge in [0.1, 0.15) is 0 Å². The molecule has 7 nitrogen and oxygen atoms in total. The van der Waals surface area contributed by atoms with Gasteiger partial charge in [0.05, 0.1) is 28.3 Å². The highest BCUT2D eigenvalue weighted by molar-refractivity contribution is 7.91. The number of allylic oxidation sites excluding steroid dienone is 1. The van der Waals surface area contributed by atoms with Gasteiger partial charge in [0.25, 0.3) is 5.91 Å². The van der Waals surface area contributed by atoms with Gasteiger partial charge < -0.3 is 9.64 Å². The molecule has 1 aliphatic heterocycles. The van der Waals surface area contributed by atoms with Gasteiger partial charge >= 0.3 is 5.97 Å². The van der Waals surface area contributed by atoms with Crippen LogP contribution in [-0.4, -0.2) is 60.9 Å². The molecule has 0 N–H and O–H groups in total. The van der Waals surface area contributed by atoms with Gasteiger partial charge in [-0.3, -0.25) is 4.79 Å². The molecule has 1 aliphatic carbocycles. The Labute approximate surface area is 208 Å². The van der Waals surface area contributed by atoms with E-state index in [0.717, 1.165) is 28.1 Å². The van der Waals surface area contributed by atoms with Crippen LogP contribution in [0.25, 0.3) is 22.6 Å². The highest BCUT2D eigenvalue weighted by atomic mass is 32.2. The second-order valence-corrected chi connectivity index (χ2v) is 12.0. The Hall–Kier alpha value is -3.04. The van der Waals surface area contributed by atoms with Crippen molar-refractivity contribution in [3.8, 4) is 0 Å². The Bertz CT molecular complexity index is 1430. The molecule has 182 valence electrons. The number of hydrogen-bond acceptors (Lipinski definition) is 7. The van der Waals surface area contributed by atoms with Gasteiger partial charge in [-0.25, -0.2) is 18.2 Å². The monoisotopic (exact) mass is 510 g/mol. The summed E-state index contributed by atoms with van der Waals surface area (Å²) in [6.07, 6.45) is 3.97. The summed E-state index contributed by atoms with van der Waals surface area (Å²) in [7, 11) is -3.13. The predicted octanol–water partition coefficient (Wildman–Crippen LogP) is 3.98. The zero-order valence-corrected chi connectivity index (χ0v) is 21.0. The lowest BCUT2D eigenvalue weighted by Gasteiger charge is -2.26. The van der Waals surface area contributed by atoms with E-state index < -0.39 is 22.4 Å². The van der Waals surface area contributed by atoms with Crippen LogP contribution in [0.2, 0.25) is 0 Å². The summed E-state index contributed by atoms with van der Waals surface area (Å²) in [5.41, 5.74) is 3.90. The molecule has 5 rings (SSSR count). The number of amides is 1.